The highest BCUT2D eigenvalue weighted by Crippen LogP contribution is 2.53. The summed E-state index contributed by atoms with van der Waals surface area (Å²) in [5.74, 6) is -1.39. The zero-order valence-corrected chi connectivity index (χ0v) is 13.7. The van der Waals surface area contributed by atoms with E-state index in [4.69, 9.17) is 9.84 Å². The van der Waals surface area contributed by atoms with E-state index < -0.39 is 41.3 Å². The van der Waals surface area contributed by atoms with Crippen molar-refractivity contribution >= 4 is 12.2 Å². The van der Waals surface area contributed by atoms with Crippen molar-refractivity contribution in [2.24, 2.45) is 0 Å². The molecule has 0 bridgehead atoms. The maximum atomic E-state index is 13.6. The molecule has 1 aromatic rings. The van der Waals surface area contributed by atoms with Gasteiger partial charge in [0.1, 0.15) is 5.82 Å². The molecule has 0 unspecified atom stereocenters. The Bertz CT molecular complexity index is 742. The first-order valence-electron chi connectivity index (χ1n) is 7.82. The van der Waals surface area contributed by atoms with Crippen molar-refractivity contribution in [3.8, 4) is 0 Å². The third-order valence-corrected chi connectivity index (χ3v) is 4.86. The molecule has 0 radical (unpaired) electrons. The lowest BCUT2D eigenvalue weighted by Gasteiger charge is -2.46. The molecule has 0 atom stereocenters. The molecule has 142 valence electrons. The van der Waals surface area contributed by atoms with E-state index in [0.717, 1.165) is 18.1 Å². The quantitative estimate of drug-likeness (QED) is 0.822. The molecule has 2 fully saturated rings. The zero-order chi connectivity index (χ0) is 19.3. The molecule has 2 amide bonds. The number of hydrogen-bond acceptors (Lipinski definition) is 3. The lowest BCUT2D eigenvalue weighted by atomic mass is 9.96. The molecule has 0 aromatic heterocycles. The topological polar surface area (TPSA) is 70.1 Å². The van der Waals surface area contributed by atoms with Crippen molar-refractivity contribution in [2.45, 2.75) is 30.6 Å². The third-order valence-electron chi connectivity index (χ3n) is 4.86. The minimum atomic E-state index is -4.86. The van der Waals surface area contributed by atoms with Crippen LogP contribution in [0.15, 0.2) is 18.2 Å². The van der Waals surface area contributed by atoms with Crippen LogP contribution in [-0.4, -0.2) is 53.3 Å². The summed E-state index contributed by atoms with van der Waals surface area (Å²) in [6.07, 6.45) is -5.99. The van der Waals surface area contributed by atoms with Crippen LogP contribution in [0.25, 0.3) is 0 Å². The van der Waals surface area contributed by atoms with Crippen molar-refractivity contribution in [1.29, 1.82) is 0 Å². The number of carbonyl (C=O) groups is 2. The highest BCUT2D eigenvalue weighted by atomic mass is 19.4. The summed E-state index contributed by atoms with van der Waals surface area (Å²) in [6, 6.07) is 2.16. The van der Waals surface area contributed by atoms with Gasteiger partial charge in [0, 0.05) is 13.1 Å². The van der Waals surface area contributed by atoms with Crippen molar-refractivity contribution in [1.82, 2.24) is 9.80 Å². The first kappa shape index (κ1) is 18.3. The lowest BCUT2D eigenvalue weighted by Crippen LogP contribution is -2.64. The number of rotatable bonds is 3. The Balaban J connectivity index is 1.95. The Morgan fingerprint density at radius 2 is 1.92 bits per heavy atom. The van der Waals surface area contributed by atoms with Crippen LogP contribution in [0.3, 0.4) is 0 Å². The average molecular weight is 376 g/mol. The van der Waals surface area contributed by atoms with E-state index in [1.807, 2.05) is 0 Å². The van der Waals surface area contributed by atoms with Crippen LogP contribution < -0.4 is 0 Å². The van der Waals surface area contributed by atoms with E-state index in [-0.39, 0.29) is 18.7 Å². The molecule has 0 spiro atoms. The number of methoxy groups -OCH3 is 1. The Morgan fingerprint density at radius 1 is 1.31 bits per heavy atom. The molecule has 3 rings (SSSR count). The van der Waals surface area contributed by atoms with Gasteiger partial charge in [-0.25, -0.2) is 14.0 Å². The fourth-order valence-corrected chi connectivity index (χ4v) is 3.37. The van der Waals surface area contributed by atoms with Gasteiger partial charge in [-0.3, -0.25) is 4.90 Å². The molecular weight excluding hydrogens is 360 g/mol. The van der Waals surface area contributed by atoms with Gasteiger partial charge in [-0.05, 0) is 30.5 Å². The molecule has 1 aliphatic heterocycles. The van der Waals surface area contributed by atoms with Gasteiger partial charge in [0.05, 0.1) is 24.3 Å². The number of carbonyl (C=O) groups excluding carboxylic acids is 1. The molecular formula is C16H16F4N2O4. The molecule has 1 saturated heterocycles. The fourth-order valence-electron chi connectivity index (χ4n) is 3.37. The summed E-state index contributed by atoms with van der Waals surface area (Å²) in [5.41, 5.74) is -2.28. The smallest absolute Gasteiger partial charge is 0.419 e. The fraction of sp³-hybridized carbons (Fsp3) is 0.500. The first-order chi connectivity index (χ1) is 12.1. The van der Waals surface area contributed by atoms with Crippen LogP contribution in [-0.2, 0) is 16.5 Å². The maximum absolute atomic E-state index is 13.6. The molecule has 1 N–H and O–H groups in total. The summed E-state index contributed by atoms with van der Waals surface area (Å²) in [5, 5.41) is 8.95. The van der Waals surface area contributed by atoms with Crippen LogP contribution in [0, 0.1) is 5.82 Å². The number of nitrogens with zero attached hydrogens (tertiary/aromatic N) is 2. The zero-order valence-electron chi connectivity index (χ0n) is 13.7. The molecule has 1 aromatic carbocycles. The van der Waals surface area contributed by atoms with Crippen LogP contribution in [0.2, 0.25) is 0 Å². The van der Waals surface area contributed by atoms with Gasteiger partial charge < -0.3 is 14.7 Å². The molecule has 2 aliphatic rings. The van der Waals surface area contributed by atoms with Crippen molar-refractivity contribution in [3.63, 3.8) is 0 Å². The molecule has 1 aliphatic carbocycles. The number of hydrogen-bond donors (Lipinski definition) is 1. The highest BCUT2D eigenvalue weighted by Gasteiger charge is 2.57. The number of ether oxygens (including phenoxy) is 1. The Morgan fingerprint density at radius 3 is 2.38 bits per heavy atom. The van der Waals surface area contributed by atoms with Gasteiger partial charge in [0.2, 0.25) is 0 Å². The minimum absolute atomic E-state index is 0.0412. The minimum Gasteiger partial charge on any atom is -0.465 e. The number of likely N-dealkylation sites (tertiary alicyclic amines) is 1. The Hall–Kier alpha value is -2.52. The predicted octanol–water partition coefficient (Wildman–Crippen LogP) is 3.26. The summed E-state index contributed by atoms with van der Waals surface area (Å²) in [4.78, 5) is 25.6. The van der Waals surface area contributed by atoms with Crippen LogP contribution in [0.1, 0.15) is 24.0 Å². The van der Waals surface area contributed by atoms with Crippen molar-refractivity contribution in [2.75, 3.05) is 20.2 Å². The van der Waals surface area contributed by atoms with E-state index in [1.165, 1.54) is 11.0 Å². The predicted molar refractivity (Wildman–Crippen MR) is 79.9 cm³/mol. The van der Waals surface area contributed by atoms with Crippen molar-refractivity contribution < 1.29 is 37.0 Å². The summed E-state index contributed by atoms with van der Waals surface area (Å²) >= 11 is 0. The Labute approximate surface area is 145 Å². The van der Waals surface area contributed by atoms with Gasteiger partial charge in [-0.15, -0.1) is 0 Å². The van der Waals surface area contributed by atoms with E-state index in [1.54, 1.807) is 0 Å². The second kappa shape index (κ2) is 6.03. The number of alkyl halides is 3. The van der Waals surface area contributed by atoms with Crippen molar-refractivity contribution in [3.05, 3.63) is 35.1 Å². The van der Waals surface area contributed by atoms with E-state index >= 15 is 0 Å². The summed E-state index contributed by atoms with van der Waals surface area (Å²) in [7, 11) is 1.14. The largest absolute Gasteiger partial charge is 0.465 e. The Kier molecular flexibility index (Phi) is 4.24. The average Bonchev–Trinajstić information content (AvgIpc) is 3.29. The lowest BCUT2D eigenvalue weighted by molar-refractivity contribution is -0.140. The second-order valence-electron chi connectivity index (χ2n) is 6.41. The van der Waals surface area contributed by atoms with Gasteiger partial charge >= 0.3 is 18.4 Å². The SMILES string of the molecule is COC(=O)N(C1CN(C(=O)O)C1)C1(c2ccc(F)c(C(F)(F)F)c2)CC1. The molecule has 26 heavy (non-hydrogen) atoms. The highest BCUT2D eigenvalue weighted by molar-refractivity contribution is 5.72. The second-order valence-corrected chi connectivity index (χ2v) is 6.41. The third kappa shape index (κ3) is 2.93. The number of halogens is 4. The molecule has 10 heteroatoms. The van der Waals surface area contributed by atoms with E-state index in [9.17, 15) is 27.2 Å². The number of benzene rings is 1. The number of carboxylic acid groups (broad SMARTS) is 1. The first-order valence-corrected chi connectivity index (χ1v) is 7.82. The normalized spacial score (nSPS) is 18.9. The van der Waals surface area contributed by atoms with Gasteiger partial charge in [-0.2, -0.15) is 13.2 Å². The monoisotopic (exact) mass is 376 g/mol. The van der Waals surface area contributed by atoms with Gasteiger partial charge in [0.15, 0.2) is 0 Å². The van der Waals surface area contributed by atoms with Gasteiger partial charge in [-0.1, -0.05) is 6.07 Å². The molecule has 6 nitrogen and oxygen atoms in total. The molecule has 1 heterocycles. The number of amides is 2. The summed E-state index contributed by atoms with van der Waals surface area (Å²) in [6.45, 7) is 0.0824. The van der Waals surface area contributed by atoms with Crippen LogP contribution in [0.4, 0.5) is 27.2 Å². The molecule has 1 saturated carbocycles. The van der Waals surface area contributed by atoms with Crippen LogP contribution in [0.5, 0.6) is 0 Å². The van der Waals surface area contributed by atoms with Crippen LogP contribution >= 0.6 is 0 Å². The van der Waals surface area contributed by atoms with Gasteiger partial charge in [0.25, 0.3) is 0 Å². The van der Waals surface area contributed by atoms with E-state index in [0.29, 0.717) is 18.9 Å². The maximum Gasteiger partial charge on any atom is 0.419 e. The van der Waals surface area contributed by atoms with E-state index in [2.05, 4.69) is 0 Å². The standard InChI is InChI=1S/C16H16F4N2O4/c1-26-14(25)22(10-7-21(8-10)13(23)24)15(4-5-15)9-2-3-12(17)11(6-9)16(18,19)20/h2-3,6,10H,4-5,7-8H2,1H3,(H,23,24). The summed E-state index contributed by atoms with van der Waals surface area (Å²) < 4.78 is 57.4.